The van der Waals surface area contributed by atoms with E-state index in [4.69, 9.17) is 0 Å². The zero-order chi connectivity index (χ0) is 18.8. The summed E-state index contributed by atoms with van der Waals surface area (Å²) in [4.78, 5) is 26.2. The van der Waals surface area contributed by atoms with Gasteiger partial charge in [-0.05, 0) is 18.6 Å². The molecule has 1 unspecified atom stereocenters. The van der Waals surface area contributed by atoms with Crippen molar-refractivity contribution in [2.75, 3.05) is 30.0 Å². The molecule has 0 radical (unpaired) electrons. The topological polar surface area (TPSA) is 74.8 Å². The summed E-state index contributed by atoms with van der Waals surface area (Å²) in [5, 5.41) is 0. The Bertz CT molecular complexity index is 762. The van der Waals surface area contributed by atoms with Crippen LogP contribution in [0.3, 0.4) is 0 Å². The van der Waals surface area contributed by atoms with Gasteiger partial charge in [0.15, 0.2) is 9.84 Å². The highest BCUT2D eigenvalue weighted by Crippen LogP contribution is 2.24. The summed E-state index contributed by atoms with van der Waals surface area (Å²) in [5.41, 5.74) is -0.492. The SMILES string of the molecule is CC(=O)N(CCC(=O)N(C)C1CCS(=O)(=O)C1)c1c(F)cccc1F. The minimum Gasteiger partial charge on any atom is -0.342 e. The van der Waals surface area contributed by atoms with Crippen LogP contribution >= 0.6 is 0 Å². The maximum Gasteiger partial charge on any atom is 0.224 e. The normalized spacial score (nSPS) is 18.8. The van der Waals surface area contributed by atoms with Gasteiger partial charge in [-0.15, -0.1) is 0 Å². The quantitative estimate of drug-likeness (QED) is 0.780. The monoisotopic (exact) mass is 374 g/mol. The lowest BCUT2D eigenvalue weighted by Gasteiger charge is -2.26. The molecule has 0 spiro atoms. The number of carbonyl (C=O) groups excluding carboxylic acids is 2. The van der Waals surface area contributed by atoms with Gasteiger partial charge in [-0.1, -0.05) is 6.07 Å². The van der Waals surface area contributed by atoms with Gasteiger partial charge in [-0.25, -0.2) is 17.2 Å². The van der Waals surface area contributed by atoms with Gasteiger partial charge >= 0.3 is 0 Å². The maximum atomic E-state index is 13.9. The number of carbonyl (C=O) groups is 2. The van der Waals surface area contributed by atoms with E-state index >= 15 is 0 Å². The van der Waals surface area contributed by atoms with Crippen molar-refractivity contribution in [2.45, 2.75) is 25.8 Å². The number of hydrogen-bond acceptors (Lipinski definition) is 4. The molecule has 1 heterocycles. The predicted molar refractivity (Wildman–Crippen MR) is 88.8 cm³/mol. The lowest BCUT2D eigenvalue weighted by atomic mass is 10.2. The number of halogens is 2. The highest BCUT2D eigenvalue weighted by Gasteiger charge is 2.33. The summed E-state index contributed by atoms with van der Waals surface area (Å²) in [5.74, 6) is -2.81. The van der Waals surface area contributed by atoms with Crippen molar-refractivity contribution >= 4 is 27.3 Å². The fraction of sp³-hybridized carbons (Fsp3) is 0.500. The fourth-order valence-corrected chi connectivity index (χ4v) is 4.62. The van der Waals surface area contributed by atoms with Crippen LogP contribution in [-0.2, 0) is 19.4 Å². The fourth-order valence-electron chi connectivity index (χ4n) is 2.84. The van der Waals surface area contributed by atoms with Gasteiger partial charge in [-0.3, -0.25) is 9.59 Å². The molecule has 1 fully saturated rings. The summed E-state index contributed by atoms with van der Waals surface area (Å²) in [7, 11) is -1.63. The van der Waals surface area contributed by atoms with Crippen LogP contribution in [0.15, 0.2) is 18.2 Å². The summed E-state index contributed by atoms with van der Waals surface area (Å²) in [6.45, 7) is 0.958. The van der Waals surface area contributed by atoms with Crippen molar-refractivity contribution in [1.29, 1.82) is 0 Å². The van der Waals surface area contributed by atoms with Crippen LogP contribution in [0, 0.1) is 11.6 Å². The number of sulfone groups is 1. The smallest absolute Gasteiger partial charge is 0.224 e. The number of hydrogen-bond donors (Lipinski definition) is 0. The number of rotatable bonds is 5. The van der Waals surface area contributed by atoms with E-state index < -0.39 is 39.1 Å². The van der Waals surface area contributed by atoms with E-state index in [0.29, 0.717) is 6.42 Å². The maximum absolute atomic E-state index is 13.9. The lowest BCUT2D eigenvalue weighted by molar-refractivity contribution is -0.131. The molecule has 0 saturated carbocycles. The Balaban J connectivity index is 2.06. The lowest BCUT2D eigenvalue weighted by Crippen LogP contribution is -2.40. The first kappa shape index (κ1) is 19.3. The molecule has 1 aliphatic heterocycles. The van der Waals surface area contributed by atoms with Crippen LogP contribution in [0.25, 0.3) is 0 Å². The highest BCUT2D eigenvalue weighted by atomic mass is 32.2. The number of anilines is 1. The molecule has 0 N–H and O–H groups in total. The van der Waals surface area contributed by atoms with Crippen LogP contribution in [0.1, 0.15) is 19.8 Å². The third kappa shape index (κ3) is 4.53. The third-order valence-electron chi connectivity index (χ3n) is 4.29. The number of para-hydroxylation sites is 1. The minimum absolute atomic E-state index is 0.0370. The Kier molecular flexibility index (Phi) is 5.76. The molecule has 25 heavy (non-hydrogen) atoms. The molecule has 6 nitrogen and oxygen atoms in total. The second kappa shape index (κ2) is 7.47. The molecule has 1 aliphatic rings. The first-order valence-electron chi connectivity index (χ1n) is 7.80. The Morgan fingerprint density at radius 3 is 2.32 bits per heavy atom. The van der Waals surface area contributed by atoms with E-state index in [1.165, 1.54) is 18.0 Å². The van der Waals surface area contributed by atoms with E-state index in [2.05, 4.69) is 0 Å². The van der Waals surface area contributed by atoms with Gasteiger partial charge in [0.1, 0.15) is 17.3 Å². The third-order valence-corrected chi connectivity index (χ3v) is 6.04. The van der Waals surface area contributed by atoms with Crippen LogP contribution in [-0.4, -0.2) is 56.3 Å². The molecule has 2 rings (SSSR count). The average molecular weight is 374 g/mol. The van der Waals surface area contributed by atoms with E-state index in [1.807, 2.05) is 0 Å². The Hall–Kier alpha value is -2.03. The Labute approximate surface area is 145 Å². The summed E-state index contributed by atoms with van der Waals surface area (Å²) in [6.07, 6.45) is 0.198. The van der Waals surface area contributed by atoms with Gasteiger partial charge in [0.25, 0.3) is 0 Å². The standard InChI is InChI=1S/C16H20F2N2O4S/c1-11(21)20(16-13(17)4-3-5-14(16)18)8-6-15(22)19(2)12-7-9-25(23,24)10-12/h3-5,12H,6-10H2,1-2H3. The van der Waals surface area contributed by atoms with Crippen LogP contribution in [0.2, 0.25) is 0 Å². The molecule has 0 aromatic heterocycles. The van der Waals surface area contributed by atoms with Crippen molar-refractivity contribution in [3.05, 3.63) is 29.8 Å². The molecular formula is C16H20F2N2O4S. The molecule has 2 amide bonds. The van der Waals surface area contributed by atoms with Gasteiger partial charge in [0.05, 0.1) is 11.5 Å². The van der Waals surface area contributed by atoms with Gasteiger partial charge in [-0.2, -0.15) is 0 Å². The Morgan fingerprint density at radius 2 is 1.84 bits per heavy atom. The zero-order valence-corrected chi connectivity index (χ0v) is 14.9. The van der Waals surface area contributed by atoms with E-state index in [1.54, 1.807) is 0 Å². The van der Waals surface area contributed by atoms with Crippen molar-refractivity contribution in [3.8, 4) is 0 Å². The average Bonchev–Trinajstić information content (AvgIpc) is 2.88. The van der Waals surface area contributed by atoms with Crippen molar-refractivity contribution in [2.24, 2.45) is 0 Å². The first-order valence-corrected chi connectivity index (χ1v) is 9.62. The summed E-state index contributed by atoms with van der Waals surface area (Å²) < 4.78 is 50.8. The molecule has 1 aromatic rings. The second-order valence-electron chi connectivity index (χ2n) is 6.05. The van der Waals surface area contributed by atoms with Gasteiger partial charge in [0, 0.05) is 33.0 Å². The van der Waals surface area contributed by atoms with E-state index in [9.17, 15) is 26.8 Å². The largest absolute Gasteiger partial charge is 0.342 e. The Morgan fingerprint density at radius 1 is 1.24 bits per heavy atom. The predicted octanol–water partition coefficient (Wildman–Crippen LogP) is 1.35. The van der Waals surface area contributed by atoms with Crippen LogP contribution in [0.4, 0.5) is 14.5 Å². The number of benzene rings is 1. The summed E-state index contributed by atoms with van der Waals surface area (Å²) in [6, 6.07) is 2.84. The molecule has 9 heteroatoms. The highest BCUT2D eigenvalue weighted by molar-refractivity contribution is 7.91. The van der Waals surface area contributed by atoms with Gasteiger partial charge < -0.3 is 9.80 Å². The first-order chi connectivity index (χ1) is 11.6. The van der Waals surface area contributed by atoms with E-state index in [-0.39, 0.29) is 30.4 Å². The molecule has 0 bridgehead atoms. The van der Waals surface area contributed by atoms with Crippen LogP contribution < -0.4 is 4.90 Å². The molecule has 1 saturated heterocycles. The zero-order valence-electron chi connectivity index (χ0n) is 14.0. The van der Waals surface area contributed by atoms with E-state index in [0.717, 1.165) is 24.0 Å². The molecule has 1 atom stereocenters. The van der Waals surface area contributed by atoms with Crippen molar-refractivity contribution in [1.82, 2.24) is 4.90 Å². The molecule has 1 aromatic carbocycles. The van der Waals surface area contributed by atoms with Crippen molar-refractivity contribution < 1.29 is 26.8 Å². The van der Waals surface area contributed by atoms with Crippen molar-refractivity contribution in [3.63, 3.8) is 0 Å². The molecule has 138 valence electrons. The van der Waals surface area contributed by atoms with Crippen LogP contribution in [0.5, 0.6) is 0 Å². The molecular weight excluding hydrogens is 354 g/mol. The molecule has 0 aliphatic carbocycles. The second-order valence-corrected chi connectivity index (χ2v) is 8.28. The van der Waals surface area contributed by atoms with Gasteiger partial charge in [0.2, 0.25) is 11.8 Å². The number of nitrogens with zero attached hydrogens (tertiary/aromatic N) is 2. The number of amides is 2. The minimum atomic E-state index is -3.13. The summed E-state index contributed by atoms with van der Waals surface area (Å²) >= 11 is 0.